The van der Waals surface area contributed by atoms with Crippen molar-refractivity contribution in [3.63, 3.8) is 0 Å². The van der Waals surface area contributed by atoms with Crippen LogP contribution in [0.2, 0.25) is 0 Å². The van der Waals surface area contributed by atoms with Crippen LogP contribution >= 0.6 is 11.3 Å². The molecule has 0 spiro atoms. The molecule has 0 aliphatic rings. The molecule has 0 radical (unpaired) electrons. The van der Waals surface area contributed by atoms with Crippen LogP contribution in [0.25, 0.3) is 0 Å². The minimum atomic E-state index is -3.71. The van der Waals surface area contributed by atoms with Crippen molar-refractivity contribution in [3.05, 3.63) is 17.5 Å². The summed E-state index contributed by atoms with van der Waals surface area (Å²) in [6.07, 6.45) is 0.668. The standard InChI is InChI=1S/C13H20N2O5S2/c1-4-9(2)12(13(17)20-3)15-10(16)8-14-22(18,19)11-6-5-7-21-11/h5-7,9,12,14H,4,8H2,1-3H3,(H,15,16). The third-order valence-electron chi connectivity index (χ3n) is 3.17. The summed E-state index contributed by atoms with van der Waals surface area (Å²) in [6.45, 7) is 3.24. The summed E-state index contributed by atoms with van der Waals surface area (Å²) in [6, 6.07) is 2.25. The van der Waals surface area contributed by atoms with Crippen molar-refractivity contribution in [3.8, 4) is 0 Å². The predicted molar refractivity (Wildman–Crippen MR) is 82.9 cm³/mol. The molecule has 0 aliphatic heterocycles. The maximum atomic E-state index is 11.9. The van der Waals surface area contributed by atoms with E-state index in [9.17, 15) is 18.0 Å². The average Bonchev–Trinajstić information content (AvgIpc) is 3.04. The number of carbonyl (C=O) groups is 2. The van der Waals surface area contributed by atoms with Gasteiger partial charge in [-0.2, -0.15) is 0 Å². The number of hydrogen-bond donors (Lipinski definition) is 2. The Labute approximate surface area is 134 Å². The fourth-order valence-corrected chi connectivity index (χ4v) is 3.69. The Bertz CT molecular complexity index is 598. The fraction of sp³-hybridized carbons (Fsp3) is 0.538. The summed E-state index contributed by atoms with van der Waals surface area (Å²) in [5.74, 6) is -1.26. The van der Waals surface area contributed by atoms with Gasteiger partial charge in [-0.1, -0.05) is 26.3 Å². The van der Waals surface area contributed by atoms with E-state index in [0.717, 1.165) is 11.3 Å². The Balaban J connectivity index is 2.63. The van der Waals surface area contributed by atoms with E-state index in [1.54, 1.807) is 18.4 Å². The summed E-state index contributed by atoms with van der Waals surface area (Å²) < 4.78 is 30.8. The highest BCUT2D eigenvalue weighted by molar-refractivity contribution is 7.91. The van der Waals surface area contributed by atoms with Gasteiger partial charge in [-0.15, -0.1) is 11.3 Å². The van der Waals surface area contributed by atoms with Gasteiger partial charge in [0, 0.05) is 0 Å². The van der Waals surface area contributed by atoms with Gasteiger partial charge in [0.2, 0.25) is 5.91 Å². The summed E-state index contributed by atoms with van der Waals surface area (Å²) in [5, 5.41) is 4.13. The number of methoxy groups -OCH3 is 1. The van der Waals surface area contributed by atoms with Crippen LogP contribution in [0.4, 0.5) is 0 Å². The Kier molecular flexibility index (Phi) is 6.98. The molecular weight excluding hydrogens is 328 g/mol. The molecule has 22 heavy (non-hydrogen) atoms. The van der Waals surface area contributed by atoms with Gasteiger partial charge in [0.1, 0.15) is 10.3 Å². The molecule has 0 aromatic carbocycles. The number of hydrogen-bond acceptors (Lipinski definition) is 6. The normalized spacial score (nSPS) is 14.1. The van der Waals surface area contributed by atoms with E-state index >= 15 is 0 Å². The number of rotatable bonds is 8. The number of amides is 1. The summed E-state index contributed by atoms with van der Waals surface area (Å²) >= 11 is 1.06. The zero-order valence-electron chi connectivity index (χ0n) is 12.7. The Hall–Kier alpha value is -1.45. The largest absolute Gasteiger partial charge is 0.467 e. The van der Waals surface area contributed by atoms with E-state index in [0.29, 0.717) is 6.42 Å². The van der Waals surface area contributed by atoms with Gasteiger partial charge in [0.25, 0.3) is 10.0 Å². The zero-order chi connectivity index (χ0) is 16.8. The molecule has 0 bridgehead atoms. The first kappa shape index (κ1) is 18.6. The van der Waals surface area contributed by atoms with Gasteiger partial charge in [-0.25, -0.2) is 17.9 Å². The molecule has 7 nitrogen and oxygen atoms in total. The molecule has 2 N–H and O–H groups in total. The molecule has 9 heteroatoms. The topological polar surface area (TPSA) is 102 Å². The fourth-order valence-electron chi connectivity index (χ4n) is 1.67. The molecule has 0 aliphatic carbocycles. The van der Waals surface area contributed by atoms with E-state index in [1.165, 1.54) is 13.2 Å². The lowest BCUT2D eigenvalue weighted by atomic mass is 9.99. The number of esters is 1. The molecule has 2 unspecified atom stereocenters. The molecule has 0 saturated carbocycles. The quantitative estimate of drug-likeness (QED) is 0.675. The smallest absolute Gasteiger partial charge is 0.328 e. The predicted octanol–water partition coefficient (Wildman–Crippen LogP) is 0.730. The van der Waals surface area contributed by atoms with Crippen molar-refractivity contribution in [1.82, 2.24) is 10.0 Å². The number of ether oxygens (including phenoxy) is 1. The third kappa shape index (κ3) is 5.08. The SMILES string of the molecule is CCC(C)C(NC(=O)CNS(=O)(=O)c1cccs1)C(=O)OC. The summed E-state index contributed by atoms with van der Waals surface area (Å²) in [5.41, 5.74) is 0. The highest BCUT2D eigenvalue weighted by Gasteiger charge is 2.27. The lowest BCUT2D eigenvalue weighted by molar-refractivity contribution is -0.146. The second-order valence-electron chi connectivity index (χ2n) is 4.71. The van der Waals surface area contributed by atoms with Crippen molar-refractivity contribution in [2.24, 2.45) is 5.92 Å². The van der Waals surface area contributed by atoms with Crippen LogP contribution < -0.4 is 10.0 Å². The molecule has 1 heterocycles. The third-order valence-corrected chi connectivity index (χ3v) is 5.97. The first-order chi connectivity index (χ1) is 10.3. The maximum Gasteiger partial charge on any atom is 0.328 e. The van der Waals surface area contributed by atoms with E-state index in [2.05, 4.69) is 14.8 Å². The zero-order valence-corrected chi connectivity index (χ0v) is 14.3. The second-order valence-corrected chi connectivity index (χ2v) is 7.65. The van der Waals surface area contributed by atoms with Gasteiger partial charge < -0.3 is 10.1 Å². The van der Waals surface area contributed by atoms with Crippen LogP contribution in [0.1, 0.15) is 20.3 Å². The average molecular weight is 348 g/mol. The Morgan fingerprint density at radius 2 is 2.09 bits per heavy atom. The first-order valence-corrected chi connectivity index (χ1v) is 9.08. The molecule has 1 amide bonds. The van der Waals surface area contributed by atoms with Gasteiger partial charge in [0.15, 0.2) is 0 Å². The van der Waals surface area contributed by atoms with Crippen molar-refractivity contribution >= 4 is 33.2 Å². The van der Waals surface area contributed by atoms with Gasteiger partial charge in [-0.05, 0) is 17.4 Å². The molecule has 0 saturated heterocycles. The van der Waals surface area contributed by atoms with Crippen LogP contribution in [-0.2, 0) is 24.3 Å². The number of thiophene rings is 1. The molecular formula is C13H20N2O5S2. The van der Waals surface area contributed by atoms with Gasteiger partial charge >= 0.3 is 5.97 Å². The molecule has 2 atom stereocenters. The van der Waals surface area contributed by atoms with E-state index in [4.69, 9.17) is 0 Å². The van der Waals surface area contributed by atoms with E-state index in [-0.39, 0.29) is 10.1 Å². The molecule has 1 aromatic heterocycles. The Morgan fingerprint density at radius 3 is 2.59 bits per heavy atom. The summed E-state index contributed by atoms with van der Waals surface area (Å²) in [4.78, 5) is 23.5. The lowest BCUT2D eigenvalue weighted by Crippen LogP contribution is -2.48. The van der Waals surface area contributed by atoms with Crippen LogP contribution in [0.5, 0.6) is 0 Å². The Morgan fingerprint density at radius 1 is 1.41 bits per heavy atom. The number of carbonyl (C=O) groups excluding carboxylic acids is 2. The molecule has 0 fully saturated rings. The molecule has 124 valence electrons. The molecule has 1 rings (SSSR count). The van der Waals surface area contributed by atoms with Crippen LogP contribution in [0.3, 0.4) is 0 Å². The molecule has 1 aromatic rings. The van der Waals surface area contributed by atoms with E-state index in [1.807, 2.05) is 6.92 Å². The monoisotopic (exact) mass is 348 g/mol. The van der Waals surface area contributed by atoms with E-state index < -0.39 is 34.5 Å². The van der Waals surface area contributed by atoms with Crippen molar-refractivity contribution in [2.45, 2.75) is 30.5 Å². The van der Waals surface area contributed by atoms with Crippen LogP contribution in [0, 0.1) is 5.92 Å². The minimum Gasteiger partial charge on any atom is -0.467 e. The minimum absolute atomic E-state index is 0.120. The maximum absolute atomic E-state index is 11.9. The number of nitrogens with one attached hydrogen (secondary N) is 2. The van der Waals surface area contributed by atoms with Gasteiger partial charge in [-0.3, -0.25) is 4.79 Å². The lowest BCUT2D eigenvalue weighted by Gasteiger charge is -2.21. The van der Waals surface area contributed by atoms with Crippen LogP contribution in [0.15, 0.2) is 21.7 Å². The second kappa shape index (κ2) is 8.25. The highest BCUT2D eigenvalue weighted by atomic mass is 32.2. The van der Waals surface area contributed by atoms with Crippen molar-refractivity contribution < 1.29 is 22.7 Å². The van der Waals surface area contributed by atoms with Crippen molar-refractivity contribution in [2.75, 3.05) is 13.7 Å². The number of sulfonamides is 1. The van der Waals surface area contributed by atoms with Gasteiger partial charge in [0.05, 0.1) is 13.7 Å². The first-order valence-electron chi connectivity index (χ1n) is 6.72. The van der Waals surface area contributed by atoms with Crippen molar-refractivity contribution in [1.29, 1.82) is 0 Å². The highest BCUT2D eigenvalue weighted by Crippen LogP contribution is 2.15. The summed E-state index contributed by atoms with van der Waals surface area (Å²) in [7, 11) is -2.47. The van der Waals surface area contributed by atoms with Crippen LogP contribution in [-0.4, -0.2) is 40.0 Å².